The molecule has 0 atom stereocenters. The van der Waals surface area contributed by atoms with Crippen LogP contribution in [0.2, 0.25) is 5.02 Å². The molecule has 0 unspecified atom stereocenters. The van der Waals surface area contributed by atoms with Gasteiger partial charge in [-0.3, -0.25) is 0 Å². The number of halogens is 13. The van der Waals surface area contributed by atoms with Gasteiger partial charge in [0, 0.05) is 10.7 Å². The fourth-order valence-electron chi connectivity index (χ4n) is 2.51. The molecule has 0 saturated heterocycles. The van der Waals surface area contributed by atoms with Crippen LogP contribution in [0.25, 0.3) is 5.69 Å². The Labute approximate surface area is 152 Å². The molecule has 2 rings (SSSR count). The van der Waals surface area contributed by atoms with Crippen LogP contribution in [0, 0.1) is 0 Å². The highest BCUT2D eigenvalue weighted by Gasteiger charge is 2.59. The van der Waals surface area contributed by atoms with Crippen molar-refractivity contribution in [2.24, 2.45) is 0 Å². The first-order valence-electron chi connectivity index (χ1n) is 6.70. The minimum atomic E-state index is -6.40. The SMILES string of the molecule is FC(F)(F)c1c(C(F)(F)F)c(C(F)(F)F)n(-c2ccc(Cl)cc2)c1C(F)(F)F. The van der Waals surface area contributed by atoms with Gasteiger partial charge in [-0.2, -0.15) is 52.7 Å². The fourth-order valence-corrected chi connectivity index (χ4v) is 2.64. The Hall–Kier alpha value is -2.05. The van der Waals surface area contributed by atoms with Gasteiger partial charge in [0.25, 0.3) is 0 Å². The first-order chi connectivity index (χ1) is 12.4. The molecule has 1 nitrogen and oxygen atoms in total. The van der Waals surface area contributed by atoms with Crippen molar-refractivity contribution in [1.29, 1.82) is 0 Å². The summed E-state index contributed by atoms with van der Waals surface area (Å²) >= 11 is 5.43. The summed E-state index contributed by atoms with van der Waals surface area (Å²) in [6.45, 7) is 0. The zero-order valence-electron chi connectivity index (χ0n) is 12.7. The minimum Gasteiger partial charge on any atom is -0.300 e. The Kier molecular flexibility index (Phi) is 5.16. The van der Waals surface area contributed by atoms with Crippen molar-refractivity contribution in [3.8, 4) is 5.69 Å². The number of rotatable bonds is 1. The summed E-state index contributed by atoms with van der Waals surface area (Å²) in [5, 5.41) is -0.231. The number of nitrogens with zero attached hydrogens (tertiary/aromatic N) is 1. The number of aromatic nitrogens is 1. The van der Waals surface area contributed by atoms with E-state index in [0.29, 0.717) is 24.3 Å². The first-order valence-corrected chi connectivity index (χ1v) is 7.08. The summed E-state index contributed by atoms with van der Waals surface area (Å²) in [5.41, 5.74) is -14.5. The predicted octanol–water partition coefficient (Wildman–Crippen LogP) is 7.21. The van der Waals surface area contributed by atoms with Gasteiger partial charge in [-0.1, -0.05) is 11.6 Å². The molecule has 0 aliphatic carbocycles. The molecule has 0 saturated carbocycles. The Bertz CT molecular complexity index is 815. The molecule has 1 aromatic carbocycles. The Morgan fingerprint density at radius 2 is 0.857 bits per heavy atom. The Morgan fingerprint density at radius 1 is 0.536 bits per heavy atom. The van der Waals surface area contributed by atoms with Gasteiger partial charge < -0.3 is 4.57 Å². The lowest BCUT2D eigenvalue weighted by Gasteiger charge is -2.18. The van der Waals surface area contributed by atoms with Crippen LogP contribution in [-0.4, -0.2) is 4.57 Å². The van der Waals surface area contributed by atoms with Crippen molar-refractivity contribution in [2.75, 3.05) is 0 Å². The molecule has 1 heterocycles. The van der Waals surface area contributed by atoms with E-state index in [1.807, 2.05) is 0 Å². The lowest BCUT2D eigenvalue weighted by atomic mass is 10.1. The van der Waals surface area contributed by atoms with Crippen molar-refractivity contribution >= 4 is 11.6 Å². The van der Waals surface area contributed by atoms with Gasteiger partial charge >= 0.3 is 24.7 Å². The molecule has 0 aliphatic heterocycles. The van der Waals surface area contributed by atoms with E-state index in [-0.39, 0.29) is 5.02 Å². The van der Waals surface area contributed by atoms with Gasteiger partial charge in [0.15, 0.2) is 0 Å². The highest BCUT2D eigenvalue weighted by Crippen LogP contribution is 2.53. The van der Waals surface area contributed by atoms with Gasteiger partial charge in [-0.05, 0) is 24.3 Å². The maximum atomic E-state index is 13.3. The second-order valence-electron chi connectivity index (χ2n) is 5.25. The molecule has 0 bridgehead atoms. The predicted molar refractivity (Wildman–Crippen MR) is 70.8 cm³/mol. The van der Waals surface area contributed by atoms with Crippen LogP contribution in [0.4, 0.5) is 52.7 Å². The molecule has 2 aromatic rings. The average Bonchev–Trinajstić information content (AvgIpc) is 2.84. The maximum absolute atomic E-state index is 13.3. The van der Waals surface area contributed by atoms with E-state index < -0.39 is 57.5 Å². The molecule has 0 fully saturated rings. The third-order valence-corrected chi connectivity index (χ3v) is 3.61. The average molecular weight is 450 g/mol. The summed E-state index contributed by atoms with van der Waals surface area (Å²) in [5.74, 6) is 0. The molecule has 0 amide bonds. The first kappa shape index (κ1) is 22.2. The monoisotopic (exact) mass is 449 g/mol. The van der Waals surface area contributed by atoms with Crippen LogP contribution in [0.15, 0.2) is 24.3 Å². The molecular weight excluding hydrogens is 446 g/mol. The molecule has 1 aromatic heterocycles. The quantitative estimate of drug-likeness (QED) is 0.406. The van der Waals surface area contributed by atoms with Gasteiger partial charge in [0.2, 0.25) is 0 Å². The van der Waals surface area contributed by atoms with E-state index in [9.17, 15) is 52.7 Å². The molecule has 28 heavy (non-hydrogen) atoms. The van der Waals surface area contributed by atoms with Crippen LogP contribution in [-0.2, 0) is 24.7 Å². The summed E-state index contributed by atoms with van der Waals surface area (Å²) in [6.07, 6.45) is -25.2. The maximum Gasteiger partial charge on any atom is 0.432 e. The highest BCUT2D eigenvalue weighted by molar-refractivity contribution is 6.30. The molecular formula is C14H4ClF12N. The van der Waals surface area contributed by atoms with Gasteiger partial charge in [0.05, 0.1) is 11.1 Å². The lowest BCUT2D eigenvalue weighted by Crippen LogP contribution is -2.21. The molecule has 0 spiro atoms. The molecule has 0 radical (unpaired) electrons. The van der Waals surface area contributed by atoms with Crippen molar-refractivity contribution in [2.45, 2.75) is 24.7 Å². The zero-order chi connectivity index (χ0) is 21.9. The van der Waals surface area contributed by atoms with E-state index in [4.69, 9.17) is 11.6 Å². The van der Waals surface area contributed by atoms with Crippen LogP contribution in [0.1, 0.15) is 22.5 Å². The van der Waals surface area contributed by atoms with Crippen molar-refractivity contribution in [3.63, 3.8) is 0 Å². The summed E-state index contributed by atoms with van der Waals surface area (Å²) < 4.78 is 157. The minimum absolute atomic E-state index is 0.231. The summed E-state index contributed by atoms with van der Waals surface area (Å²) in [6, 6.07) is 2.26. The zero-order valence-corrected chi connectivity index (χ0v) is 13.4. The van der Waals surface area contributed by atoms with E-state index in [1.165, 1.54) is 0 Å². The molecule has 0 aliphatic rings. The Morgan fingerprint density at radius 3 is 1.11 bits per heavy atom. The topological polar surface area (TPSA) is 4.93 Å². The van der Waals surface area contributed by atoms with Crippen LogP contribution < -0.4 is 0 Å². The van der Waals surface area contributed by atoms with Crippen molar-refractivity contribution in [1.82, 2.24) is 4.57 Å². The van der Waals surface area contributed by atoms with Crippen LogP contribution in [0.5, 0.6) is 0 Å². The number of alkyl halides is 12. The van der Waals surface area contributed by atoms with Crippen molar-refractivity contribution in [3.05, 3.63) is 51.8 Å². The number of hydrogen-bond acceptors (Lipinski definition) is 0. The molecule has 0 N–H and O–H groups in total. The lowest BCUT2D eigenvalue weighted by molar-refractivity contribution is -0.178. The number of hydrogen-bond donors (Lipinski definition) is 0. The van der Waals surface area contributed by atoms with E-state index in [0.717, 1.165) is 0 Å². The van der Waals surface area contributed by atoms with Gasteiger partial charge in [0.1, 0.15) is 11.4 Å². The van der Waals surface area contributed by atoms with E-state index in [2.05, 4.69) is 0 Å². The summed E-state index contributed by atoms with van der Waals surface area (Å²) in [4.78, 5) is 0. The Balaban J connectivity index is 3.22. The van der Waals surface area contributed by atoms with Gasteiger partial charge in [-0.15, -0.1) is 0 Å². The standard InChI is InChI=1S/C14H4ClF12N/c15-5-1-3-6(4-2-5)28-9(13(22,23)24)7(11(16,17)18)8(12(19,20)21)10(28)14(25,26)27/h1-4H. The van der Waals surface area contributed by atoms with Crippen LogP contribution in [0.3, 0.4) is 0 Å². The van der Waals surface area contributed by atoms with E-state index in [1.54, 1.807) is 0 Å². The second kappa shape index (κ2) is 6.49. The fraction of sp³-hybridized carbons (Fsp3) is 0.286. The van der Waals surface area contributed by atoms with Crippen LogP contribution >= 0.6 is 11.6 Å². The smallest absolute Gasteiger partial charge is 0.300 e. The summed E-state index contributed by atoms with van der Waals surface area (Å²) in [7, 11) is 0. The van der Waals surface area contributed by atoms with E-state index >= 15 is 0 Å². The highest BCUT2D eigenvalue weighted by atomic mass is 35.5. The number of benzene rings is 1. The largest absolute Gasteiger partial charge is 0.432 e. The van der Waals surface area contributed by atoms with Crippen molar-refractivity contribution < 1.29 is 52.7 Å². The van der Waals surface area contributed by atoms with Gasteiger partial charge in [-0.25, -0.2) is 0 Å². The molecule has 14 heteroatoms. The second-order valence-corrected chi connectivity index (χ2v) is 5.69. The third-order valence-electron chi connectivity index (χ3n) is 3.36. The normalized spacial score (nSPS) is 13.9. The third kappa shape index (κ3) is 4.03. The molecule has 156 valence electrons.